The van der Waals surface area contributed by atoms with Crippen molar-refractivity contribution in [2.24, 2.45) is 5.73 Å². The smallest absolute Gasteiger partial charge is 0.255 e. The summed E-state index contributed by atoms with van der Waals surface area (Å²) >= 11 is 0. The maximum atomic E-state index is 12.9. The fourth-order valence-electron chi connectivity index (χ4n) is 2.53. The van der Waals surface area contributed by atoms with Crippen molar-refractivity contribution >= 4 is 17.5 Å². The van der Waals surface area contributed by atoms with E-state index >= 15 is 0 Å². The first kappa shape index (κ1) is 19.6. The number of nitrogens with two attached hydrogens (primary N) is 1. The molecule has 2 amide bonds. The SMILES string of the molecule is CCCC(C)(N)C(=O)NCc1ccc(C(=O)Nc2ccc(F)cc2)cc1. The molecule has 0 spiro atoms. The van der Waals surface area contributed by atoms with Gasteiger partial charge in [-0.25, -0.2) is 4.39 Å². The molecule has 26 heavy (non-hydrogen) atoms. The van der Waals surface area contributed by atoms with Crippen LogP contribution in [0, 0.1) is 5.82 Å². The van der Waals surface area contributed by atoms with Gasteiger partial charge in [0.05, 0.1) is 5.54 Å². The number of carbonyl (C=O) groups excluding carboxylic acids is 2. The Morgan fingerprint density at radius 3 is 2.27 bits per heavy atom. The zero-order valence-corrected chi connectivity index (χ0v) is 15.0. The van der Waals surface area contributed by atoms with Crippen molar-refractivity contribution in [3.63, 3.8) is 0 Å². The van der Waals surface area contributed by atoms with Gasteiger partial charge in [-0.3, -0.25) is 9.59 Å². The quantitative estimate of drug-likeness (QED) is 0.711. The summed E-state index contributed by atoms with van der Waals surface area (Å²) in [7, 11) is 0. The van der Waals surface area contributed by atoms with Crippen molar-refractivity contribution in [3.8, 4) is 0 Å². The van der Waals surface area contributed by atoms with Crippen LogP contribution in [0.3, 0.4) is 0 Å². The zero-order chi connectivity index (χ0) is 19.2. The summed E-state index contributed by atoms with van der Waals surface area (Å²) in [4.78, 5) is 24.3. The Morgan fingerprint density at radius 2 is 1.69 bits per heavy atom. The lowest BCUT2D eigenvalue weighted by Crippen LogP contribution is -2.51. The molecule has 138 valence electrons. The lowest BCUT2D eigenvalue weighted by molar-refractivity contribution is -0.126. The number of nitrogens with one attached hydrogen (secondary N) is 2. The second kappa shape index (κ2) is 8.58. The molecule has 0 bridgehead atoms. The number of anilines is 1. The highest BCUT2D eigenvalue weighted by molar-refractivity contribution is 6.04. The topological polar surface area (TPSA) is 84.2 Å². The van der Waals surface area contributed by atoms with E-state index in [2.05, 4.69) is 10.6 Å². The van der Waals surface area contributed by atoms with E-state index in [9.17, 15) is 14.0 Å². The van der Waals surface area contributed by atoms with E-state index in [4.69, 9.17) is 5.73 Å². The van der Waals surface area contributed by atoms with E-state index in [1.807, 2.05) is 6.92 Å². The van der Waals surface area contributed by atoms with E-state index in [-0.39, 0.29) is 17.6 Å². The fraction of sp³-hybridized carbons (Fsp3) is 0.300. The minimum atomic E-state index is -0.885. The number of hydrogen-bond donors (Lipinski definition) is 3. The highest BCUT2D eigenvalue weighted by Gasteiger charge is 2.26. The Bertz CT molecular complexity index is 756. The standard InChI is InChI=1S/C20H24FN3O2/c1-3-12-20(2,22)19(26)23-13-14-4-6-15(7-5-14)18(25)24-17-10-8-16(21)9-11-17/h4-11H,3,12-13,22H2,1-2H3,(H,23,26)(H,24,25). The lowest BCUT2D eigenvalue weighted by atomic mass is 9.96. The minimum absolute atomic E-state index is 0.197. The number of benzene rings is 2. The molecule has 0 radical (unpaired) electrons. The summed E-state index contributed by atoms with van der Waals surface area (Å²) in [5.74, 6) is -0.843. The number of hydrogen-bond acceptors (Lipinski definition) is 3. The third-order valence-electron chi connectivity index (χ3n) is 4.06. The van der Waals surface area contributed by atoms with Crippen molar-refractivity contribution in [1.29, 1.82) is 0 Å². The highest BCUT2D eigenvalue weighted by Crippen LogP contribution is 2.12. The first-order valence-electron chi connectivity index (χ1n) is 8.55. The molecule has 0 heterocycles. The van der Waals surface area contributed by atoms with Crippen molar-refractivity contribution in [2.75, 3.05) is 5.32 Å². The molecule has 2 aromatic carbocycles. The Hall–Kier alpha value is -2.73. The zero-order valence-electron chi connectivity index (χ0n) is 15.0. The number of halogens is 1. The van der Waals surface area contributed by atoms with Crippen LogP contribution in [0.25, 0.3) is 0 Å². The third kappa shape index (κ3) is 5.39. The number of amides is 2. The van der Waals surface area contributed by atoms with Crippen molar-refractivity contribution in [1.82, 2.24) is 5.32 Å². The molecule has 0 saturated heterocycles. The minimum Gasteiger partial charge on any atom is -0.350 e. The molecule has 1 unspecified atom stereocenters. The molecule has 5 nitrogen and oxygen atoms in total. The Labute approximate surface area is 152 Å². The van der Waals surface area contributed by atoms with Crippen molar-refractivity contribution in [3.05, 3.63) is 65.5 Å². The van der Waals surface area contributed by atoms with Gasteiger partial charge in [0, 0.05) is 17.8 Å². The van der Waals surface area contributed by atoms with Crippen LogP contribution in [0.1, 0.15) is 42.6 Å². The Morgan fingerprint density at radius 1 is 1.08 bits per heavy atom. The molecule has 0 aliphatic rings. The molecule has 0 fully saturated rings. The van der Waals surface area contributed by atoms with Gasteiger partial charge >= 0.3 is 0 Å². The first-order chi connectivity index (χ1) is 12.3. The van der Waals surface area contributed by atoms with Crippen LogP contribution < -0.4 is 16.4 Å². The molecule has 4 N–H and O–H groups in total. The van der Waals surface area contributed by atoms with E-state index in [1.54, 1.807) is 31.2 Å². The van der Waals surface area contributed by atoms with E-state index in [0.29, 0.717) is 24.2 Å². The third-order valence-corrected chi connectivity index (χ3v) is 4.06. The van der Waals surface area contributed by atoms with Crippen LogP contribution in [0.2, 0.25) is 0 Å². The molecule has 0 aromatic heterocycles. The lowest BCUT2D eigenvalue weighted by Gasteiger charge is -2.22. The summed E-state index contributed by atoms with van der Waals surface area (Å²) in [6, 6.07) is 12.5. The van der Waals surface area contributed by atoms with Crippen LogP contribution in [-0.4, -0.2) is 17.4 Å². The van der Waals surface area contributed by atoms with Gasteiger partial charge in [-0.2, -0.15) is 0 Å². The summed E-state index contributed by atoms with van der Waals surface area (Å²) in [5, 5.41) is 5.52. The molecule has 0 aliphatic carbocycles. The maximum absolute atomic E-state index is 12.9. The monoisotopic (exact) mass is 357 g/mol. The summed E-state index contributed by atoms with van der Waals surface area (Å²) in [6.45, 7) is 4.04. The molecule has 1 atom stereocenters. The maximum Gasteiger partial charge on any atom is 0.255 e. The number of rotatable bonds is 7. The normalized spacial score (nSPS) is 12.9. The van der Waals surface area contributed by atoms with Gasteiger partial charge in [0.1, 0.15) is 5.82 Å². The second-order valence-corrected chi connectivity index (χ2v) is 6.51. The predicted octanol–water partition coefficient (Wildman–Crippen LogP) is 3.21. The average Bonchev–Trinajstić information content (AvgIpc) is 2.62. The molecular weight excluding hydrogens is 333 g/mol. The van der Waals surface area contributed by atoms with Crippen LogP contribution >= 0.6 is 0 Å². The van der Waals surface area contributed by atoms with Gasteiger partial charge < -0.3 is 16.4 Å². The molecular formula is C20H24FN3O2. The molecule has 2 rings (SSSR count). The predicted molar refractivity (Wildman–Crippen MR) is 100 cm³/mol. The largest absolute Gasteiger partial charge is 0.350 e. The van der Waals surface area contributed by atoms with Crippen molar-refractivity contribution in [2.45, 2.75) is 38.8 Å². The van der Waals surface area contributed by atoms with Gasteiger partial charge in [-0.1, -0.05) is 25.5 Å². The van der Waals surface area contributed by atoms with E-state index < -0.39 is 5.54 Å². The van der Waals surface area contributed by atoms with Gasteiger partial charge in [-0.15, -0.1) is 0 Å². The van der Waals surface area contributed by atoms with Crippen LogP contribution in [-0.2, 0) is 11.3 Å². The first-order valence-corrected chi connectivity index (χ1v) is 8.55. The molecule has 0 aliphatic heterocycles. The van der Waals surface area contributed by atoms with Crippen LogP contribution in [0.4, 0.5) is 10.1 Å². The Kier molecular flexibility index (Phi) is 6.46. The summed E-state index contributed by atoms with van der Waals surface area (Å²) in [5.41, 5.74) is 6.96. The summed E-state index contributed by atoms with van der Waals surface area (Å²) in [6.07, 6.45) is 1.44. The average molecular weight is 357 g/mol. The van der Waals surface area contributed by atoms with Gasteiger partial charge in [-0.05, 0) is 55.3 Å². The molecule has 0 saturated carbocycles. The fourth-order valence-corrected chi connectivity index (χ4v) is 2.53. The summed E-state index contributed by atoms with van der Waals surface area (Å²) < 4.78 is 12.9. The van der Waals surface area contributed by atoms with Gasteiger partial charge in [0.15, 0.2) is 0 Å². The Balaban J connectivity index is 1.92. The molecule has 2 aromatic rings. The van der Waals surface area contributed by atoms with Gasteiger partial charge in [0.25, 0.3) is 5.91 Å². The highest BCUT2D eigenvalue weighted by atomic mass is 19.1. The van der Waals surface area contributed by atoms with Crippen LogP contribution in [0.5, 0.6) is 0 Å². The van der Waals surface area contributed by atoms with Crippen LogP contribution in [0.15, 0.2) is 48.5 Å². The van der Waals surface area contributed by atoms with Gasteiger partial charge in [0.2, 0.25) is 5.91 Å². The second-order valence-electron chi connectivity index (χ2n) is 6.51. The molecule has 6 heteroatoms. The van der Waals surface area contributed by atoms with E-state index in [1.165, 1.54) is 24.3 Å². The number of carbonyl (C=O) groups is 2. The van der Waals surface area contributed by atoms with E-state index in [0.717, 1.165) is 12.0 Å². The van der Waals surface area contributed by atoms with Crippen molar-refractivity contribution < 1.29 is 14.0 Å².